The van der Waals surface area contributed by atoms with Gasteiger partial charge in [-0.25, -0.2) is 0 Å². The van der Waals surface area contributed by atoms with Crippen LogP contribution in [0.4, 0.5) is 0 Å². The number of furan rings is 1. The van der Waals surface area contributed by atoms with Gasteiger partial charge in [0.15, 0.2) is 0 Å². The van der Waals surface area contributed by atoms with Crippen LogP contribution >= 0.6 is 0 Å². The molecule has 18 heavy (non-hydrogen) atoms. The summed E-state index contributed by atoms with van der Waals surface area (Å²) in [6.07, 6.45) is 2.23. The zero-order valence-electron chi connectivity index (χ0n) is 11.1. The Bertz CT molecular complexity index is 332. The summed E-state index contributed by atoms with van der Waals surface area (Å²) in [5, 5.41) is 3.24. The van der Waals surface area contributed by atoms with Crippen LogP contribution in [0.3, 0.4) is 0 Å². The van der Waals surface area contributed by atoms with Crippen molar-refractivity contribution in [1.82, 2.24) is 5.32 Å². The number of rotatable bonds is 7. The largest absolute Gasteiger partial charge is 0.462 e. The third kappa shape index (κ3) is 4.44. The molecule has 0 amide bonds. The summed E-state index contributed by atoms with van der Waals surface area (Å²) >= 11 is 0. The maximum Gasteiger partial charge on any atom is 0.129 e. The summed E-state index contributed by atoms with van der Waals surface area (Å²) in [6.45, 7) is 6.97. The van der Waals surface area contributed by atoms with Crippen molar-refractivity contribution in [2.45, 2.75) is 32.9 Å². The molecule has 0 aromatic carbocycles. The summed E-state index contributed by atoms with van der Waals surface area (Å²) in [4.78, 5) is 0. The summed E-state index contributed by atoms with van der Waals surface area (Å²) in [5.74, 6) is 2.53. The van der Waals surface area contributed by atoms with Gasteiger partial charge in [0.2, 0.25) is 0 Å². The van der Waals surface area contributed by atoms with Crippen molar-refractivity contribution in [3.63, 3.8) is 0 Å². The van der Waals surface area contributed by atoms with Crippen molar-refractivity contribution in [3.05, 3.63) is 23.7 Å². The van der Waals surface area contributed by atoms with E-state index in [2.05, 4.69) is 12.2 Å². The molecule has 0 bridgehead atoms. The minimum absolute atomic E-state index is 0.573. The van der Waals surface area contributed by atoms with Gasteiger partial charge in [-0.2, -0.15) is 0 Å². The van der Waals surface area contributed by atoms with Gasteiger partial charge in [0.25, 0.3) is 0 Å². The minimum atomic E-state index is 0.573. The Kier molecular flexibility index (Phi) is 5.71. The zero-order chi connectivity index (χ0) is 12.6. The van der Waals surface area contributed by atoms with Gasteiger partial charge in [0.05, 0.1) is 13.2 Å². The normalized spacial score (nSPS) is 17.2. The molecule has 102 valence electrons. The Morgan fingerprint density at radius 3 is 2.83 bits per heavy atom. The first-order chi connectivity index (χ1) is 8.88. The topological polar surface area (TPSA) is 43.6 Å². The molecule has 1 aliphatic heterocycles. The molecule has 0 saturated carbocycles. The van der Waals surface area contributed by atoms with Gasteiger partial charge in [-0.05, 0) is 37.4 Å². The summed E-state index contributed by atoms with van der Waals surface area (Å²) < 4.78 is 16.7. The third-order valence-electron chi connectivity index (χ3n) is 3.21. The molecule has 2 rings (SSSR count). The van der Waals surface area contributed by atoms with Crippen LogP contribution in [0, 0.1) is 5.92 Å². The van der Waals surface area contributed by atoms with E-state index in [-0.39, 0.29) is 0 Å². The van der Waals surface area contributed by atoms with E-state index in [0.717, 1.165) is 57.3 Å². The molecule has 4 heteroatoms. The maximum atomic E-state index is 5.71. The lowest BCUT2D eigenvalue weighted by Crippen LogP contribution is -2.20. The number of hydrogen-bond donors (Lipinski definition) is 1. The van der Waals surface area contributed by atoms with Crippen molar-refractivity contribution >= 4 is 0 Å². The quantitative estimate of drug-likeness (QED) is 0.810. The van der Waals surface area contributed by atoms with Crippen LogP contribution in [-0.2, 0) is 22.6 Å². The van der Waals surface area contributed by atoms with Crippen LogP contribution in [-0.4, -0.2) is 26.4 Å². The van der Waals surface area contributed by atoms with E-state index in [1.165, 1.54) is 0 Å². The monoisotopic (exact) mass is 253 g/mol. The molecule has 1 aliphatic rings. The molecule has 1 N–H and O–H groups in total. The Hall–Kier alpha value is -0.840. The molecular weight excluding hydrogens is 230 g/mol. The van der Waals surface area contributed by atoms with Gasteiger partial charge < -0.3 is 19.2 Å². The molecule has 1 saturated heterocycles. The molecular formula is C14H23NO3. The number of nitrogens with one attached hydrogen (secondary N) is 1. The standard InChI is InChI=1S/C14H23NO3/c1-2-15-9-13-3-4-14(18-13)11-17-10-12-5-7-16-8-6-12/h3-4,12,15H,2,5-11H2,1H3. The highest BCUT2D eigenvalue weighted by molar-refractivity contribution is 5.06. The highest BCUT2D eigenvalue weighted by Gasteiger charge is 2.14. The van der Waals surface area contributed by atoms with Crippen LogP contribution in [0.5, 0.6) is 0 Å². The van der Waals surface area contributed by atoms with E-state index < -0.39 is 0 Å². The predicted octanol–water partition coefficient (Wildman–Crippen LogP) is 2.33. The first-order valence-corrected chi connectivity index (χ1v) is 6.82. The molecule has 0 unspecified atom stereocenters. The molecule has 1 fully saturated rings. The lowest BCUT2D eigenvalue weighted by atomic mass is 10.0. The van der Waals surface area contributed by atoms with Crippen molar-refractivity contribution < 1.29 is 13.9 Å². The smallest absolute Gasteiger partial charge is 0.129 e. The average molecular weight is 253 g/mol. The van der Waals surface area contributed by atoms with Gasteiger partial charge in [-0.3, -0.25) is 0 Å². The van der Waals surface area contributed by atoms with Crippen LogP contribution in [0.25, 0.3) is 0 Å². The molecule has 1 aromatic rings. The fraction of sp³-hybridized carbons (Fsp3) is 0.714. The van der Waals surface area contributed by atoms with Gasteiger partial charge in [-0.15, -0.1) is 0 Å². The molecule has 0 radical (unpaired) electrons. The fourth-order valence-corrected chi connectivity index (χ4v) is 2.08. The molecule has 4 nitrogen and oxygen atoms in total. The highest BCUT2D eigenvalue weighted by Crippen LogP contribution is 2.16. The molecule has 0 spiro atoms. The lowest BCUT2D eigenvalue weighted by molar-refractivity contribution is 0.0118. The van der Waals surface area contributed by atoms with E-state index in [1.54, 1.807) is 0 Å². The van der Waals surface area contributed by atoms with Gasteiger partial charge >= 0.3 is 0 Å². The Morgan fingerprint density at radius 1 is 1.28 bits per heavy atom. The Labute approximate surface area is 109 Å². The minimum Gasteiger partial charge on any atom is -0.462 e. The molecule has 2 heterocycles. The first-order valence-electron chi connectivity index (χ1n) is 6.82. The number of hydrogen-bond acceptors (Lipinski definition) is 4. The second kappa shape index (κ2) is 7.56. The van der Waals surface area contributed by atoms with E-state index in [9.17, 15) is 0 Å². The van der Waals surface area contributed by atoms with E-state index >= 15 is 0 Å². The van der Waals surface area contributed by atoms with Crippen LogP contribution in [0.15, 0.2) is 16.5 Å². The zero-order valence-corrected chi connectivity index (χ0v) is 11.1. The van der Waals surface area contributed by atoms with Crippen LogP contribution < -0.4 is 5.32 Å². The fourth-order valence-electron chi connectivity index (χ4n) is 2.08. The van der Waals surface area contributed by atoms with Crippen molar-refractivity contribution in [3.8, 4) is 0 Å². The van der Waals surface area contributed by atoms with Gasteiger partial charge in [0.1, 0.15) is 18.1 Å². The second-order valence-electron chi connectivity index (χ2n) is 4.72. The van der Waals surface area contributed by atoms with Crippen molar-refractivity contribution in [2.75, 3.05) is 26.4 Å². The summed E-state index contributed by atoms with van der Waals surface area (Å²) in [5.41, 5.74) is 0. The second-order valence-corrected chi connectivity index (χ2v) is 4.72. The van der Waals surface area contributed by atoms with E-state index in [1.807, 2.05) is 12.1 Å². The van der Waals surface area contributed by atoms with E-state index in [0.29, 0.717) is 12.5 Å². The van der Waals surface area contributed by atoms with Crippen LogP contribution in [0.2, 0.25) is 0 Å². The summed E-state index contributed by atoms with van der Waals surface area (Å²) in [7, 11) is 0. The maximum absolute atomic E-state index is 5.71. The molecule has 0 atom stereocenters. The van der Waals surface area contributed by atoms with E-state index in [4.69, 9.17) is 13.9 Å². The van der Waals surface area contributed by atoms with Crippen molar-refractivity contribution in [1.29, 1.82) is 0 Å². The Morgan fingerprint density at radius 2 is 2.06 bits per heavy atom. The van der Waals surface area contributed by atoms with Gasteiger partial charge in [0, 0.05) is 13.2 Å². The number of ether oxygens (including phenoxy) is 2. The third-order valence-corrected chi connectivity index (χ3v) is 3.21. The van der Waals surface area contributed by atoms with Crippen LogP contribution in [0.1, 0.15) is 31.3 Å². The highest BCUT2D eigenvalue weighted by atomic mass is 16.5. The molecule has 1 aromatic heterocycles. The predicted molar refractivity (Wildman–Crippen MR) is 69.3 cm³/mol. The SMILES string of the molecule is CCNCc1ccc(COCC2CCOCC2)o1. The Balaban J connectivity index is 1.64. The molecule has 0 aliphatic carbocycles. The average Bonchev–Trinajstić information content (AvgIpc) is 2.85. The lowest BCUT2D eigenvalue weighted by Gasteiger charge is -2.21. The van der Waals surface area contributed by atoms with Gasteiger partial charge in [-0.1, -0.05) is 6.92 Å². The summed E-state index contributed by atoms with van der Waals surface area (Å²) in [6, 6.07) is 4.01. The van der Waals surface area contributed by atoms with Crippen molar-refractivity contribution in [2.24, 2.45) is 5.92 Å². The first kappa shape index (κ1) is 13.6.